The minimum Gasteiger partial charge on any atom is -0.441 e. The van der Waals surface area contributed by atoms with Gasteiger partial charge >= 0.3 is 12.0 Å². The minimum absolute atomic E-state index is 0.0805. The number of amides is 2. The summed E-state index contributed by atoms with van der Waals surface area (Å²) >= 11 is 0. The lowest BCUT2D eigenvalue weighted by atomic mass is 9.90. The summed E-state index contributed by atoms with van der Waals surface area (Å²) in [6.45, 7) is 3.26. The van der Waals surface area contributed by atoms with E-state index in [9.17, 15) is 14.4 Å². The highest BCUT2D eigenvalue weighted by molar-refractivity contribution is 5.93. The lowest BCUT2D eigenvalue weighted by molar-refractivity contribution is -0.152. The van der Waals surface area contributed by atoms with Crippen molar-refractivity contribution in [2.24, 2.45) is 5.92 Å². The van der Waals surface area contributed by atoms with Crippen LogP contribution in [0.3, 0.4) is 0 Å². The number of carbonyl (C=O) groups is 3. The van der Waals surface area contributed by atoms with Gasteiger partial charge in [0.2, 0.25) is 0 Å². The lowest BCUT2D eigenvalue weighted by Crippen LogP contribution is -2.41. The van der Waals surface area contributed by atoms with E-state index in [-0.39, 0.29) is 12.5 Å². The van der Waals surface area contributed by atoms with Crippen molar-refractivity contribution in [3.8, 4) is 0 Å². The van der Waals surface area contributed by atoms with Gasteiger partial charge in [-0.2, -0.15) is 0 Å². The van der Waals surface area contributed by atoms with Crippen molar-refractivity contribution in [1.82, 2.24) is 9.47 Å². The second-order valence-electron chi connectivity index (χ2n) is 8.51. The maximum absolute atomic E-state index is 12.8. The predicted octanol–water partition coefficient (Wildman–Crippen LogP) is 4.78. The summed E-state index contributed by atoms with van der Waals surface area (Å²) in [6.07, 6.45) is 4.63. The monoisotopic (exact) mass is 447 g/mol. The summed E-state index contributed by atoms with van der Waals surface area (Å²) in [6, 6.07) is 18.0. The van der Waals surface area contributed by atoms with Crippen molar-refractivity contribution in [3.63, 3.8) is 0 Å². The molecule has 0 radical (unpaired) electrons. The molecular weight excluding hydrogens is 418 g/mol. The van der Waals surface area contributed by atoms with Crippen LogP contribution in [0.25, 0.3) is 10.9 Å². The molecule has 33 heavy (non-hydrogen) atoms. The first-order valence-electron chi connectivity index (χ1n) is 11.4. The number of urea groups is 1. The number of ether oxygens (including phenoxy) is 1. The van der Waals surface area contributed by atoms with Crippen LogP contribution in [0.5, 0.6) is 0 Å². The Balaban J connectivity index is 1.33. The molecule has 2 aromatic carbocycles. The average Bonchev–Trinajstić information content (AvgIpc) is 3.24. The number of nitrogens with one attached hydrogen (secondary N) is 1. The Labute approximate surface area is 193 Å². The number of likely N-dealkylation sites (tertiary alicyclic amines) is 1. The van der Waals surface area contributed by atoms with E-state index >= 15 is 0 Å². The molecule has 0 bridgehead atoms. The summed E-state index contributed by atoms with van der Waals surface area (Å²) in [4.78, 5) is 36.8. The Morgan fingerprint density at radius 2 is 1.88 bits per heavy atom. The van der Waals surface area contributed by atoms with Crippen LogP contribution in [0.15, 0.2) is 60.8 Å². The van der Waals surface area contributed by atoms with Crippen LogP contribution in [0.4, 0.5) is 10.5 Å². The van der Waals surface area contributed by atoms with Gasteiger partial charge in [-0.25, -0.2) is 4.79 Å². The van der Waals surface area contributed by atoms with Gasteiger partial charge in [0.25, 0.3) is 0 Å². The van der Waals surface area contributed by atoms with Gasteiger partial charge in [0, 0.05) is 30.4 Å². The van der Waals surface area contributed by atoms with E-state index in [1.807, 2.05) is 46.0 Å². The van der Waals surface area contributed by atoms with Gasteiger partial charge in [-0.05, 0) is 61.9 Å². The summed E-state index contributed by atoms with van der Waals surface area (Å²) in [5, 5.41) is 3.93. The molecule has 7 nitrogen and oxygen atoms in total. The summed E-state index contributed by atoms with van der Waals surface area (Å²) in [5.41, 5.74) is 2.96. The molecule has 2 heterocycles. The number of nitrogens with zero attached hydrogens (tertiary/aromatic N) is 2. The van der Waals surface area contributed by atoms with E-state index in [4.69, 9.17) is 4.74 Å². The van der Waals surface area contributed by atoms with Gasteiger partial charge < -0.3 is 24.3 Å². The van der Waals surface area contributed by atoms with Crippen molar-refractivity contribution in [2.45, 2.75) is 38.8 Å². The van der Waals surface area contributed by atoms with Crippen LogP contribution in [0, 0.1) is 5.92 Å². The quantitative estimate of drug-likeness (QED) is 0.321. The summed E-state index contributed by atoms with van der Waals surface area (Å²) in [5.74, 6) is 0.0472. The van der Waals surface area contributed by atoms with E-state index < -0.39 is 12.2 Å². The van der Waals surface area contributed by atoms with Crippen LogP contribution in [0.2, 0.25) is 0 Å². The summed E-state index contributed by atoms with van der Waals surface area (Å²) in [7, 11) is 0. The smallest absolute Gasteiger partial charge is 0.321 e. The van der Waals surface area contributed by atoms with E-state index in [2.05, 4.69) is 29.6 Å². The van der Waals surface area contributed by atoms with Crippen molar-refractivity contribution >= 4 is 34.9 Å². The Bertz CT molecular complexity index is 1120. The average molecular weight is 448 g/mol. The number of fused-ring (bicyclic) bond motifs is 1. The summed E-state index contributed by atoms with van der Waals surface area (Å²) < 4.78 is 7.10. The van der Waals surface area contributed by atoms with Crippen molar-refractivity contribution in [3.05, 3.63) is 66.4 Å². The molecule has 3 aromatic rings. The number of aromatic nitrogens is 1. The molecule has 1 N–H and O–H groups in total. The first-order chi connectivity index (χ1) is 16.0. The number of carbonyl (C=O) groups excluding carboxylic acids is 3. The third-order valence-electron chi connectivity index (χ3n) is 6.18. The van der Waals surface area contributed by atoms with Gasteiger partial charge in [-0.3, -0.25) is 4.79 Å². The molecule has 7 heteroatoms. The Morgan fingerprint density at radius 1 is 1.12 bits per heavy atom. The molecule has 2 amide bonds. The van der Waals surface area contributed by atoms with Crippen LogP contribution in [0.1, 0.15) is 38.0 Å². The number of hydrogen-bond donors (Lipinski definition) is 1. The van der Waals surface area contributed by atoms with Crippen molar-refractivity contribution in [2.75, 3.05) is 18.4 Å². The van der Waals surface area contributed by atoms with Crippen LogP contribution in [-0.4, -0.2) is 40.8 Å². The lowest BCUT2D eigenvalue weighted by Gasteiger charge is -2.32. The third-order valence-corrected chi connectivity index (χ3v) is 6.18. The zero-order valence-corrected chi connectivity index (χ0v) is 18.8. The highest BCUT2D eigenvalue weighted by Crippen LogP contribution is 2.26. The SMILES string of the molecule is CC(OC(=O)CC=O)n1ccc2cc(NC(=O)N3CCC(Cc4ccccc4)CC3)ccc21. The van der Waals surface area contributed by atoms with Crippen LogP contribution < -0.4 is 5.32 Å². The number of esters is 1. The molecular formula is C26H29N3O4. The van der Waals surface area contributed by atoms with Crippen molar-refractivity contribution in [1.29, 1.82) is 0 Å². The fraction of sp³-hybridized carbons (Fsp3) is 0.346. The normalized spacial score (nSPS) is 15.2. The van der Waals surface area contributed by atoms with Gasteiger partial charge in [-0.1, -0.05) is 30.3 Å². The standard InChI is InChI=1S/C26H29N3O4/c1-19(33-25(31)12-16-30)29-15-11-22-18-23(7-8-24(22)29)27-26(32)28-13-9-21(10-14-28)17-20-5-3-2-4-6-20/h2-8,11,15-16,18-19,21H,9-10,12-14,17H2,1H3,(H,27,32). The number of aldehydes is 1. The molecule has 1 aromatic heterocycles. The molecule has 172 valence electrons. The number of piperidine rings is 1. The Morgan fingerprint density at radius 3 is 2.61 bits per heavy atom. The maximum atomic E-state index is 12.8. The van der Waals surface area contributed by atoms with E-state index in [1.54, 1.807) is 6.92 Å². The third kappa shape index (κ3) is 5.61. The Kier molecular flexibility index (Phi) is 7.07. The first-order valence-corrected chi connectivity index (χ1v) is 11.4. The van der Waals surface area contributed by atoms with Gasteiger partial charge in [0.05, 0.1) is 5.52 Å². The first kappa shape index (κ1) is 22.6. The molecule has 1 saturated heterocycles. The second-order valence-corrected chi connectivity index (χ2v) is 8.51. The van der Waals surface area contributed by atoms with Gasteiger partial charge in [0.15, 0.2) is 6.23 Å². The fourth-order valence-electron chi connectivity index (χ4n) is 4.41. The maximum Gasteiger partial charge on any atom is 0.321 e. The van der Waals surface area contributed by atoms with Crippen LogP contribution in [-0.2, 0) is 20.7 Å². The molecule has 0 saturated carbocycles. The fourth-order valence-corrected chi connectivity index (χ4v) is 4.41. The van der Waals surface area contributed by atoms with E-state index in [0.717, 1.165) is 48.9 Å². The second kappa shape index (κ2) is 10.3. The largest absolute Gasteiger partial charge is 0.441 e. The van der Waals surface area contributed by atoms with Gasteiger partial charge in [-0.15, -0.1) is 0 Å². The Hall–Kier alpha value is -3.61. The van der Waals surface area contributed by atoms with Gasteiger partial charge in [0.1, 0.15) is 12.7 Å². The topological polar surface area (TPSA) is 80.6 Å². The molecule has 0 spiro atoms. The molecule has 4 rings (SSSR count). The molecule has 1 unspecified atom stereocenters. The number of rotatable bonds is 7. The van der Waals surface area contributed by atoms with Crippen molar-refractivity contribution < 1.29 is 19.1 Å². The number of benzene rings is 2. The van der Waals surface area contributed by atoms with Crippen LogP contribution >= 0.6 is 0 Å². The molecule has 1 aliphatic heterocycles. The minimum atomic E-state index is -0.559. The zero-order chi connectivity index (χ0) is 23.2. The molecule has 1 fully saturated rings. The number of anilines is 1. The van der Waals surface area contributed by atoms with E-state index in [0.29, 0.717) is 12.2 Å². The highest BCUT2D eigenvalue weighted by Gasteiger charge is 2.23. The zero-order valence-electron chi connectivity index (χ0n) is 18.8. The van der Waals surface area contributed by atoms with E-state index in [1.165, 1.54) is 5.56 Å². The molecule has 1 aliphatic rings. The highest BCUT2D eigenvalue weighted by atomic mass is 16.6. The molecule has 0 aliphatic carbocycles. The predicted molar refractivity (Wildman–Crippen MR) is 127 cm³/mol. The number of hydrogen-bond acceptors (Lipinski definition) is 4. The molecule has 1 atom stereocenters.